The summed E-state index contributed by atoms with van der Waals surface area (Å²) in [6.07, 6.45) is 3.28. The molecular weight excluding hydrogens is 266 g/mol. The van der Waals surface area contributed by atoms with Crippen molar-refractivity contribution in [1.82, 2.24) is 15.6 Å². The largest absolute Gasteiger partial charge is 0.352 e. The molecule has 0 saturated carbocycles. The second-order valence-corrected chi connectivity index (χ2v) is 4.72. The highest BCUT2D eigenvalue weighted by Gasteiger charge is 2.14. The molecule has 0 unspecified atom stereocenters. The number of nitrogens with one attached hydrogen (secondary N) is 3. The third kappa shape index (κ3) is 4.36. The average Bonchev–Trinajstić information content (AvgIpc) is 2.81. The van der Waals surface area contributed by atoms with Crippen molar-refractivity contribution in [2.75, 3.05) is 13.1 Å². The Morgan fingerprint density at radius 3 is 2.89 bits per heavy atom. The molecule has 1 aromatic rings. The summed E-state index contributed by atoms with van der Waals surface area (Å²) in [7, 11) is 0. The molecule has 106 valence electrons. The standard InChI is InChI=1S/C13H19N3O2.ClH/c1-9-4-5-11(13(18)16-9)12(17)15-8-6-10-3-2-7-14-10;/h4-5,10,14H,2-3,6-8H2,1H3,(H,15,17)(H,16,18);1H/t10-;/m1./s1. The number of aromatic amines is 1. The molecular formula is C13H20ClN3O2. The maximum absolute atomic E-state index is 11.8. The van der Waals surface area contributed by atoms with Crippen LogP contribution >= 0.6 is 12.4 Å². The van der Waals surface area contributed by atoms with Crippen LogP contribution in [0.1, 0.15) is 35.3 Å². The van der Waals surface area contributed by atoms with Gasteiger partial charge in [-0.2, -0.15) is 0 Å². The lowest BCUT2D eigenvalue weighted by atomic mass is 10.1. The van der Waals surface area contributed by atoms with Crippen LogP contribution in [0.2, 0.25) is 0 Å². The van der Waals surface area contributed by atoms with Gasteiger partial charge in [0, 0.05) is 18.3 Å². The zero-order valence-electron chi connectivity index (χ0n) is 11.0. The fourth-order valence-electron chi connectivity index (χ4n) is 2.21. The van der Waals surface area contributed by atoms with E-state index in [9.17, 15) is 9.59 Å². The topological polar surface area (TPSA) is 74.0 Å². The molecule has 1 fully saturated rings. The maximum atomic E-state index is 11.8. The monoisotopic (exact) mass is 285 g/mol. The first-order valence-corrected chi connectivity index (χ1v) is 6.38. The predicted molar refractivity (Wildman–Crippen MR) is 77.0 cm³/mol. The Kier molecular flexibility index (Phi) is 6.05. The highest BCUT2D eigenvalue weighted by Crippen LogP contribution is 2.07. The second-order valence-electron chi connectivity index (χ2n) is 4.72. The maximum Gasteiger partial charge on any atom is 0.260 e. The fourth-order valence-corrected chi connectivity index (χ4v) is 2.21. The smallest absolute Gasteiger partial charge is 0.260 e. The Morgan fingerprint density at radius 2 is 2.26 bits per heavy atom. The molecule has 1 aliphatic heterocycles. The summed E-state index contributed by atoms with van der Waals surface area (Å²) in [6, 6.07) is 3.80. The number of hydrogen-bond donors (Lipinski definition) is 3. The molecule has 0 bridgehead atoms. The highest BCUT2D eigenvalue weighted by atomic mass is 35.5. The van der Waals surface area contributed by atoms with Gasteiger partial charge in [-0.1, -0.05) is 0 Å². The van der Waals surface area contributed by atoms with Crippen LogP contribution in [0.3, 0.4) is 0 Å². The number of halogens is 1. The van der Waals surface area contributed by atoms with Crippen LogP contribution in [0.5, 0.6) is 0 Å². The first-order chi connectivity index (χ1) is 8.66. The highest BCUT2D eigenvalue weighted by molar-refractivity contribution is 5.93. The molecule has 0 aliphatic carbocycles. The third-order valence-corrected chi connectivity index (χ3v) is 3.24. The second kappa shape index (κ2) is 7.31. The lowest BCUT2D eigenvalue weighted by Crippen LogP contribution is -2.33. The van der Waals surface area contributed by atoms with Crippen LogP contribution in [0.4, 0.5) is 0 Å². The molecule has 0 radical (unpaired) electrons. The molecule has 1 saturated heterocycles. The van der Waals surface area contributed by atoms with E-state index in [0.29, 0.717) is 12.6 Å². The normalized spacial score (nSPS) is 17.8. The Bertz CT molecular complexity index is 481. The quantitative estimate of drug-likeness (QED) is 0.772. The summed E-state index contributed by atoms with van der Waals surface area (Å²) in [6.45, 7) is 3.45. The lowest BCUT2D eigenvalue weighted by Gasteiger charge is -2.10. The van der Waals surface area contributed by atoms with Gasteiger partial charge in [-0.25, -0.2) is 0 Å². The van der Waals surface area contributed by atoms with E-state index in [2.05, 4.69) is 15.6 Å². The summed E-state index contributed by atoms with van der Waals surface area (Å²) in [5, 5.41) is 6.16. The Morgan fingerprint density at radius 1 is 1.47 bits per heavy atom. The minimum atomic E-state index is -0.327. The van der Waals surface area contributed by atoms with Gasteiger partial charge in [0.1, 0.15) is 5.56 Å². The number of H-pyrrole nitrogens is 1. The minimum absolute atomic E-state index is 0. The molecule has 2 rings (SSSR count). The van der Waals surface area contributed by atoms with E-state index in [1.807, 2.05) is 0 Å². The molecule has 1 atom stereocenters. The molecule has 6 heteroatoms. The van der Waals surface area contributed by atoms with Crippen LogP contribution in [0, 0.1) is 6.92 Å². The van der Waals surface area contributed by atoms with E-state index >= 15 is 0 Å². The molecule has 1 aliphatic rings. The van der Waals surface area contributed by atoms with Gasteiger partial charge in [-0.15, -0.1) is 12.4 Å². The van der Waals surface area contributed by atoms with Crippen molar-refractivity contribution < 1.29 is 4.79 Å². The third-order valence-electron chi connectivity index (χ3n) is 3.24. The number of aromatic nitrogens is 1. The Hall–Kier alpha value is -1.33. The molecule has 3 N–H and O–H groups in total. The first-order valence-electron chi connectivity index (χ1n) is 6.38. The van der Waals surface area contributed by atoms with Crippen LogP contribution in [-0.2, 0) is 0 Å². The average molecular weight is 286 g/mol. The summed E-state index contributed by atoms with van der Waals surface area (Å²) in [5.41, 5.74) is 0.609. The summed E-state index contributed by atoms with van der Waals surface area (Å²) < 4.78 is 0. The number of amides is 1. The van der Waals surface area contributed by atoms with Gasteiger partial charge in [-0.3, -0.25) is 9.59 Å². The van der Waals surface area contributed by atoms with Crippen molar-refractivity contribution in [3.8, 4) is 0 Å². The predicted octanol–water partition coefficient (Wildman–Crippen LogP) is 0.977. The van der Waals surface area contributed by atoms with Crippen molar-refractivity contribution in [3.63, 3.8) is 0 Å². The fraction of sp³-hybridized carbons (Fsp3) is 0.538. The van der Waals surface area contributed by atoms with Gasteiger partial charge in [-0.05, 0) is 44.9 Å². The first kappa shape index (κ1) is 15.7. The molecule has 5 nitrogen and oxygen atoms in total. The van der Waals surface area contributed by atoms with Crippen LogP contribution in [0.15, 0.2) is 16.9 Å². The van der Waals surface area contributed by atoms with Crippen LogP contribution in [0.25, 0.3) is 0 Å². The summed E-state index contributed by atoms with van der Waals surface area (Å²) in [4.78, 5) is 26.0. The van der Waals surface area contributed by atoms with E-state index in [4.69, 9.17) is 0 Å². The number of hydrogen-bond acceptors (Lipinski definition) is 3. The summed E-state index contributed by atoms with van der Waals surface area (Å²) in [5.74, 6) is -0.297. The zero-order chi connectivity index (χ0) is 13.0. The summed E-state index contributed by atoms with van der Waals surface area (Å²) >= 11 is 0. The van der Waals surface area contributed by atoms with E-state index in [0.717, 1.165) is 18.7 Å². The Labute approximate surface area is 118 Å². The van der Waals surface area contributed by atoms with Crippen molar-refractivity contribution in [2.24, 2.45) is 0 Å². The number of rotatable bonds is 4. The minimum Gasteiger partial charge on any atom is -0.352 e. The molecule has 0 spiro atoms. The number of carbonyl (C=O) groups is 1. The van der Waals surface area contributed by atoms with Gasteiger partial charge in [0.2, 0.25) is 0 Å². The van der Waals surface area contributed by atoms with Crippen LogP contribution < -0.4 is 16.2 Å². The molecule has 1 aromatic heterocycles. The van der Waals surface area contributed by atoms with Gasteiger partial charge in [0.05, 0.1) is 0 Å². The van der Waals surface area contributed by atoms with Gasteiger partial charge >= 0.3 is 0 Å². The SMILES string of the molecule is Cc1ccc(C(=O)NCC[C@H]2CCCN2)c(=O)[nH]1.Cl. The number of aryl methyl sites for hydroxylation is 1. The molecule has 0 aromatic carbocycles. The zero-order valence-corrected chi connectivity index (χ0v) is 11.8. The van der Waals surface area contributed by atoms with Crippen molar-refractivity contribution in [2.45, 2.75) is 32.2 Å². The van der Waals surface area contributed by atoms with E-state index in [1.165, 1.54) is 12.8 Å². The number of carbonyl (C=O) groups excluding carboxylic acids is 1. The van der Waals surface area contributed by atoms with Crippen molar-refractivity contribution >= 4 is 18.3 Å². The van der Waals surface area contributed by atoms with Gasteiger partial charge < -0.3 is 15.6 Å². The molecule has 2 heterocycles. The van der Waals surface area contributed by atoms with Crippen molar-refractivity contribution in [1.29, 1.82) is 0 Å². The van der Waals surface area contributed by atoms with Crippen molar-refractivity contribution in [3.05, 3.63) is 33.7 Å². The number of pyridine rings is 1. The van der Waals surface area contributed by atoms with Crippen LogP contribution in [-0.4, -0.2) is 30.0 Å². The van der Waals surface area contributed by atoms with Gasteiger partial charge in [0.25, 0.3) is 11.5 Å². The Balaban J connectivity index is 0.00000180. The van der Waals surface area contributed by atoms with E-state index < -0.39 is 0 Å². The lowest BCUT2D eigenvalue weighted by molar-refractivity contribution is 0.0951. The molecule has 1 amide bonds. The van der Waals surface area contributed by atoms with E-state index in [1.54, 1.807) is 19.1 Å². The van der Waals surface area contributed by atoms with E-state index in [-0.39, 0.29) is 29.4 Å². The molecule has 19 heavy (non-hydrogen) atoms. The van der Waals surface area contributed by atoms with Gasteiger partial charge in [0.15, 0.2) is 0 Å².